The number of carbonyl (C=O) groups is 1. The summed E-state index contributed by atoms with van der Waals surface area (Å²) in [5, 5.41) is 6.72. The molecule has 0 fully saturated rings. The van der Waals surface area contributed by atoms with Crippen LogP contribution in [0.15, 0.2) is 59.4 Å². The van der Waals surface area contributed by atoms with E-state index in [0.29, 0.717) is 0 Å². The number of fused-ring (bicyclic) bond motifs is 2. The van der Waals surface area contributed by atoms with Crippen LogP contribution in [-0.4, -0.2) is 45.8 Å². The monoisotopic (exact) mass is 392 g/mol. The second kappa shape index (κ2) is 7.18. The molecule has 5 nitrogen and oxygen atoms in total. The fourth-order valence-electron chi connectivity index (χ4n) is 4.25. The van der Waals surface area contributed by atoms with Crippen molar-refractivity contribution in [1.29, 1.82) is 0 Å². The van der Waals surface area contributed by atoms with Gasteiger partial charge in [0.1, 0.15) is 0 Å². The zero-order valence-corrected chi connectivity index (χ0v) is 16.8. The van der Waals surface area contributed by atoms with Crippen molar-refractivity contribution in [2.24, 2.45) is 0 Å². The van der Waals surface area contributed by atoms with E-state index in [1.807, 2.05) is 18.5 Å². The molecule has 3 aliphatic heterocycles. The number of aromatic nitrogens is 1. The predicted octanol–water partition coefficient (Wildman–Crippen LogP) is 3.85. The van der Waals surface area contributed by atoms with Gasteiger partial charge in [0, 0.05) is 59.8 Å². The van der Waals surface area contributed by atoms with E-state index >= 15 is 0 Å². The molecule has 0 bridgehead atoms. The maximum absolute atomic E-state index is 12.8. The van der Waals surface area contributed by atoms with Gasteiger partial charge in [0.05, 0.1) is 0 Å². The summed E-state index contributed by atoms with van der Waals surface area (Å²) in [6.07, 6.45) is 8.19. The van der Waals surface area contributed by atoms with Crippen molar-refractivity contribution >= 4 is 34.1 Å². The molecule has 0 saturated carbocycles. The van der Waals surface area contributed by atoms with Crippen LogP contribution < -0.4 is 5.32 Å². The first-order valence-electron chi connectivity index (χ1n) is 9.79. The number of H-pyrrole nitrogens is 1. The van der Waals surface area contributed by atoms with Gasteiger partial charge in [-0.2, -0.15) is 0 Å². The Morgan fingerprint density at radius 1 is 1.29 bits per heavy atom. The molecule has 1 amide bonds. The van der Waals surface area contributed by atoms with E-state index in [1.165, 1.54) is 22.0 Å². The van der Waals surface area contributed by atoms with Gasteiger partial charge in [0.15, 0.2) is 5.50 Å². The third-order valence-corrected chi connectivity index (χ3v) is 6.75. The Bertz CT molecular complexity index is 1020. The summed E-state index contributed by atoms with van der Waals surface area (Å²) in [6, 6.07) is 8.47. The van der Waals surface area contributed by atoms with Gasteiger partial charge >= 0.3 is 0 Å². The fourth-order valence-corrected chi connectivity index (χ4v) is 5.14. The summed E-state index contributed by atoms with van der Waals surface area (Å²) >= 11 is 1.64. The third-order valence-electron chi connectivity index (χ3n) is 5.87. The van der Waals surface area contributed by atoms with Crippen LogP contribution in [0.1, 0.15) is 25.3 Å². The maximum Gasteiger partial charge on any atom is 0.257 e. The molecule has 0 saturated heterocycles. The Labute approximate surface area is 169 Å². The number of para-hydroxylation sites is 1. The molecular formula is C22H24N4OS. The predicted molar refractivity (Wildman–Crippen MR) is 115 cm³/mol. The lowest BCUT2D eigenvalue weighted by Gasteiger charge is -2.33. The first kappa shape index (κ1) is 17.6. The van der Waals surface area contributed by atoms with E-state index < -0.39 is 0 Å². The van der Waals surface area contributed by atoms with Crippen LogP contribution >= 0.6 is 11.8 Å². The number of nitrogens with one attached hydrogen (secondary N) is 2. The van der Waals surface area contributed by atoms with Gasteiger partial charge in [-0.05, 0) is 36.8 Å². The topological polar surface area (TPSA) is 51.4 Å². The molecule has 1 aromatic carbocycles. The van der Waals surface area contributed by atoms with E-state index in [9.17, 15) is 4.79 Å². The van der Waals surface area contributed by atoms with Crippen LogP contribution in [-0.2, 0) is 4.79 Å². The van der Waals surface area contributed by atoms with Gasteiger partial charge in [0.2, 0.25) is 0 Å². The number of amides is 1. The van der Waals surface area contributed by atoms with Crippen LogP contribution in [0, 0.1) is 0 Å². The average Bonchev–Trinajstić information content (AvgIpc) is 3.35. The molecule has 28 heavy (non-hydrogen) atoms. The molecule has 5 rings (SSSR count). The van der Waals surface area contributed by atoms with Gasteiger partial charge in [-0.3, -0.25) is 14.6 Å². The summed E-state index contributed by atoms with van der Waals surface area (Å²) in [4.78, 5) is 20.4. The lowest BCUT2D eigenvalue weighted by Crippen LogP contribution is -2.47. The minimum Gasteiger partial charge on any atom is -0.361 e. The van der Waals surface area contributed by atoms with E-state index in [0.717, 1.165) is 43.7 Å². The van der Waals surface area contributed by atoms with Crippen LogP contribution in [0.2, 0.25) is 0 Å². The molecule has 4 heterocycles. The highest BCUT2D eigenvalue weighted by Crippen LogP contribution is 2.32. The number of aromatic amines is 1. The van der Waals surface area contributed by atoms with Crippen molar-refractivity contribution in [3.05, 3.63) is 65.0 Å². The molecule has 2 N–H and O–H groups in total. The van der Waals surface area contributed by atoms with Crippen molar-refractivity contribution in [2.45, 2.75) is 25.3 Å². The van der Waals surface area contributed by atoms with Gasteiger partial charge in [0.25, 0.3) is 5.91 Å². The summed E-state index contributed by atoms with van der Waals surface area (Å²) in [5.74, 6) is 0.148. The normalized spacial score (nSPS) is 22.6. The molecule has 1 atom stereocenters. The smallest absolute Gasteiger partial charge is 0.257 e. The Balaban J connectivity index is 1.24. The maximum atomic E-state index is 12.8. The third kappa shape index (κ3) is 3.06. The summed E-state index contributed by atoms with van der Waals surface area (Å²) in [6.45, 7) is 4.90. The highest BCUT2D eigenvalue weighted by molar-refractivity contribution is 8.02. The number of nitrogens with zero attached hydrogens (tertiary/aromatic N) is 2. The highest BCUT2D eigenvalue weighted by Gasteiger charge is 2.33. The zero-order chi connectivity index (χ0) is 19.1. The molecule has 1 aromatic heterocycles. The number of carbonyl (C=O) groups excluding carboxylic acids is 1. The van der Waals surface area contributed by atoms with E-state index in [-0.39, 0.29) is 11.4 Å². The minimum absolute atomic E-state index is 0.0351. The highest BCUT2D eigenvalue weighted by atomic mass is 32.2. The van der Waals surface area contributed by atoms with Crippen molar-refractivity contribution < 1.29 is 4.79 Å². The van der Waals surface area contributed by atoms with Crippen molar-refractivity contribution in [3.8, 4) is 0 Å². The van der Waals surface area contributed by atoms with Crippen LogP contribution in [0.4, 0.5) is 0 Å². The summed E-state index contributed by atoms with van der Waals surface area (Å²) < 4.78 is 0. The lowest BCUT2D eigenvalue weighted by atomic mass is 9.98. The van der Waals surface area contributed by atoms with E-state index in [1.54, 1.807) is 16.7 Å². The first-order valence-corrected chi connectivity index (χ1v) is 10.7. The number of benzene rings is 1. The molecule has 0 aliphatic carbocycles. The standard InChI is InChI=1S/C22H24N4OS/c1-15-17(21(27)26-12-13-28-22(26)24-15)8-11-25-9-6-16(7-10-25)19-14-23-20-5-3-2-4-18(19)20/h2-6,12-14,22-24H,7-11H2,1H3. The second-order valence-corrected chi connectivity index (χ2v) is 8.50. The van der Waals surface area contributed by atoms with Gasteiger partial charge in [-0.15, -0.1) is 0 Å². The number of hydrogen-bond donors (Lipinski definition) is 2. The van der Waals surface area contributed by atoms with Gasteiger partial charge in [-0.25, -0.2) is 0 Å². The largest absolute Gasteiger partial charge is 0.361 e. The van der Waals surface area contributed by atoms with Gasteiger partial charge < -0.3 is 10.3 Å². The quantitative estimate of drug-likeness (QED) is 0.830. The fraction of sp³-hybridized carbons (Fsp3) is 0.318. The molecule has 3 aliphatic rings. The van der Waals surface area contributed by atoms with Crippen LogP contribution in [0.25, 0.3) is 16.5 Å². The Hall–Kier alpha value is -2.44. The number of rotatable bonds is 4. The van der Waals surface area contributed by atoms with Crippen molar-refractivity contribution in [3.63, 3.8) is 0 Å². The molecule has 6 heteroatoms. The summed E-state index contributed by atoms with van der Waals surface area (Å²) in [7, 11) is 0. The molecule has 2 aromatic rings. The Kier molecular flexibility index (Phi) is 4.53. The molecule has 1 unspecified atom stereocenters. The molecule has 144 valence electrons. The Morgan fingerprint density at radius 2 is 2.18 bits per heavy atom. The molecule has 0 radical (unpaired) electrons. The van der Waals surface area contributed by atoms with Crippen LogP contribution in [0.3, 0.4) is 0 Å². The number of hydrogen-bond acceptors (Lipinski definition) is 4. The minimum atomic E-state index is 0.0351. The number of allylic oxidation sites excluding steroid dienone is 1. The number of thioether (sulfide) groups is 1. The zero-order valence-electron chi connectivity index (χ0n) is 15.9. The van der Waals surface area contributed by atoms with Gasteiger partial charge in [-0.1, -0.05) is 36.0 Å². The van der Waals surface area contributed by atoms with Crippen molar-refractivity contribution in [2.75, 3.05) is 19.6 Å². The van der Waals surface area contributed by atoms with E-state index in [4.69, 9.17) is 0 Å². The lowest BCUT2D eigenvalue weighted by molar-refractivity contribution is -0.126. The SMILES string of the molecule is CC1=C(CCN2CC=C(c3c[nH]c4ccccc34)CC2)C(=O)N2C=CSC2N1. The Morgan fingerprint density at radius 3 is 3.04 bits per heavy atom. The molecular weight excluding hydrogens is 368 g/mol. The first-order chi connectivity index (χ1) is 13.7. The molecule has 0 spiro atoms. The second-order valence-electron chi connectivity index (χ2n) is 7.51. The van der Waals surface area contributed by atoms with Crippen LogP contribution in [0.5, 0.6) is 0 Å². The summed E-state index contributed by atoms with van der Waals surface area (Å²) in [5.41, 5.74) is 5.91. The average molecular weight is 393 g/mol. The van der Waals surface area contributed by atoms with E-state index in [2.05, 4.69) is 51.7 Å². The van der Waals surface area contributed by atoms with Crippen molar-refractivity contribution in [1.82, 2.24) is 20.1 Å².